The zero-order valence-electron chi connectivity index (χ0n) is 14.6. The molecule has 0 bridgehead atoms. The number of carbonyl (C=O) groups excluding carboxylic acids is 1. The van der Waals surface area contributed by atoms with Crippen molar-refractivity contribution in [2.75, 3.05) is 5.32 Å². The Kier molecular flexibility index (Phi) is 5.04. The van der Waals surface area contributed by atoms with Gasteiger partial charge in [-0.05, 0) is 51.9 Å². The van der Waals surface area contributed by atoms with E-state index in [0.717, 1.165) is 12.1 Å². The predicted molar refractivity (Wildman–Crippen MR) is 103 cm³/mol. The molecular formula is C22H15F2NO3. The Morgan fingerprint density at radius 2 is 1.43 bits per heavy atom. The summed E-state index contributed by atoms with van der Waals surface area (Å²) in [7, 11) is 0. The minimum Gasteiger partial charge on any atom is -0.478 e. The highest BCUT2D eigenvalue weighted by Gasteiger charge is 2.20. The van der Waals surface area contributed by atoms with Crippen molar-refractivity contribution in [2.24, 2.45) is 0 Å². The predicted octanol–water partition coefficient (Wildman–Crippen LogP) is 3.40. The standard InChI is InChI=1S/C22H15F2NO3/c1-12-7-8-14(9-13(12)2)15-10-18(23)20(19(24)11-15)25-21(26)16-5-3-4-6-17(16)22(27)28/h3-11H,1-2H2,(H,25,26)(H,27,28). The van der Waals surface area contributed by atoms with E-state index < -0.39 is 29.2 Å². The van der Waals surface area contributed by atoms with E-state index in [1.54, 1.807) is 18.2 Å². The monoisotopic (exact) mass is 379 g/mol. The lowest BCUT2D eigenvalue weighted by Gasteiger charge is -2.11. The van der Waals surface area contributed by atoms with Crippen LogP contribution in [0.2, 0.25) is 0 Å². The zero-order valence-corrected chi connectivity index (χ0v) is 14.6. The molecule has 6 heteroatoms. The van der Waals surface area contributed by atoms with Crippen LogP contribution in [-0.4, -0.2) is 17.0 Å². The number of carboxylic acid groups (broad SMARTS) is 1. The van der Waals surface area contributed by atoms with Gasteiger partial charge in [-0.1, -0.05) is 37.4 Å². The Labute approximate surface area is 159 Å². The number of carbonyl (C=O) groups is 2. The fraction of sp³-hybridized carbons (Fsp3) is 0. The van der Waals surface area contributed by atoms with Crippen molar-refractivity contribution in [3.8, 4) is 11.1 Å². The van der Waals surface area contributed by atoms with Gasteiger partial charge in [-0.3, -0.25) is 4.79 Å². The Bertz CT molecular complexity index is 1180. The summed E-state index contributed by atoms with van der Waals surface area (Å²) in [5, 5.41) is 12.6. The van der Waals surface area contributed by atoms with Crippen LogP contribution in [-0.2, 0) is 0 Å². The van der Waals surface area contributed by atoms with Gasteiger partial charge in [0.25, 0.3) is 5.91 Å². The molecule has 0 aliphatic heterocycles. The number of nitrogens with one attached hydrogen (secondary N) is 1. The second-order valence-corrected chi connectivity index (χ2v) is 6.10. The van der Waals surface area contributed by atoms with E-state index in [0.29, 0.717) is 16.0 Å². The van der Waals surface area contributed by atoms with E-state index in [1.807, 2.05) is 0 Å². The van der Waals surface area contributed by atoms with Crippen molar-refractivity contribution < 1.29 is 23.5 Å². The van der Waals surface area contributed by atoms with Crippen molar-refractivity contribution in [3.05, 3.63) is 87.8 Å². The topological polar surface area (TPSA) is 66.4 Å². The minimum absolute atomic E-state index is 0.203. The summed E-state index contributed by atoms with van der Waals surface area (Å²) >= 11 is 0. The number of carboxylic acids is 1. The van der Waals surface area contributed by atoms with Crippen molar-refractivity contribution in [3.63, 3.8) is 0 Å². The van der Waals surface area contributed by atoms with Crippen LogP contribution in [0.15, 0.2) is 54.6 Å². The summed E-state index contributed by atoms with van der Waals surface area (Å²) in [6, 6.07) is 12.6. The van der Waals surface area contributed by atoms with Crippen LogP contribution >= 0.6 is 0 Å². The molecule has 0 unspecified atom stereocenters. The average molecular weight is 379 g/mol. The maximum absolute atomic E-state index is 14.5. The second kappa shape index (κ2) is 7.44. The van der Waals surface area contributed by atoms with Crippen LogP contribution < -0.4 is 15.8 Å². The van der Waals surface area contributed by atoms with Crippen molar-refractivity contribution in [2.45, 2.75) is 0 Å². The molecule has 3 aromatic carbocycles. The Hall–Kier alpha value is -3.80. The van der Waals surface area contributed by atoms with E-state index in [2.05, 4.69) is 18.5 Å². The first-order valence-corrected chi connectivity index (χ1v) is 8.19. The van der Waals surface area contributed by atoms with E-state index in [-0.39, 0.29) is 16.7 Å². The number of rotatable bonds is 4. The Morgan fingerprint density at radius 1 is 0.821 bits per heavy atom. The molecule has 0 saturated carbocycles. The molecule has 3 rings (SSSR count). The highest BCUT2D eigenvalue weighted by atomic mass is 19.1. The number of anilines is 1. The quantitative estimate of drug-likeness (QED) is 0.730. The molecule has 0 saturated heterocycles. The SMILES string of the molecule is C=c1ccc(-c2cc(F)c(NC(=O)c3ccccc3C(=O)O)c(F)c2)cc1=C. The van der Waals surface area contributed by atoms with Crippen LogP contribution in [0, 0.1) is 11.6 Å². The van der Waals surface area contributed by atoms with E-state index in [4.69, 9.17) is 5.11 Å². The normalized spacial score (nSPS) is 10.5. The van der Waals surface area contributed by atoms with Crippen LogP contribution in [0.3, 0.4) is 0 Å². The van der Waals surface area contributed by atoms with Crippen LogP contribution in [0.5, 0.6) is 0 Å². The smallest absolute Gasteiger partial charge is 0.336 e. The summed E-state index contributed by atoms with van der Waals surface area (Å²) in [5.74, 6) is -4.22. The van der Waals surface area contributed by atoms with Gasteiger partial charge in [0.05, 0.1) is 11.1 Å². The van der Waals surface area contributed by atoms with Gasteiger partial charge in [0.15, 0.2) is 0 Å². The average Bonchev–Trinajstić information content (AvgIpc) is 2.66. The van der Waals surface area contributed by atoms with E-state index in [9.17, 15) is 18.4 Å². The molecule has 1 amide bonds. The number of amides is 1. The number of halogens is 2. The first-order valence-electron chi connectivity index (χ1n) is 8.19. The molecule has 3 aromatic rings. The van der Waals surface area contributed by atoms with Crippen LogP contribution in [0.25, 0.3) is 24.3 Å². The van der Waals surface area contributed by atoms with Gasteiger partial charge < -0.3 is 10.4 Å². The molecule has 0 radical (unpaired) electrons. The fourth-order valence-electron chi connectivity index (χ4n) is 2.71. The Balaban J connectivity index is 1.97. The van der Waals surface area contributed by atoms with E-state index in [1.165, 1.54) is 24.3 Å². The van der Waals surface area contributed by atoms with Crippen LogP contribution in [0.4, 0.5) is 14.5 Å². The largest absolute Gasteiger partial charge is 0.478 e. The first-order chi connectivity index (χ1) is 13.3. The molecule has 2 N–H and O–H groups in total. The summed E-state index contributed by atoms with van der Waals surface area (Å²) in [6.45, 7) is 7.59. The summed E-state index contributed by atoms with van der Waals surface area (Å²) < 4.78 is 29.0. The zero-order chi connectivity index (χ0) is 20.4. The third-order valence-corrected chi connectivity index (χ3v) is 4.22. The van der Waals surface area contributed by atoms with Gasteiger partial charge in [0.1, 0.15) is 17.3 Å². The highest BCUT2D eigenvalue weighted by Crippen LogP contribution is 2.27. The summed E-state index contributed by atoms with van der Waals surface area (Å²) in [4.78, 5) is 23.6. The van der Waals surface area contributed by atoms with Gasteiger partial charge in [0, 0.05) is 0 Å². The van der Waals surface area contributed by atoms with Crippen molar-refractivity contribution in [1.29, 1.82) is 0 Å². The lowest BCUT2D eigenvalue weighted by molar-refractivity contribution is 0.0692. The van der Waals surface area contributed by atoms with Gasteiger partial charge >= 0.3 is 5.97 Å². The van der Waals surface area contributed by atoms with Gasteiger partial charge in [-0.15, -0.1) is 0 Å². The third kappa shape index (κ3) is 3.66. The molecule has 0 fully saturated rings. The second-order valence-electron chi connectivity index (χ2n) is 6.10. The maximum Gasteiger partial charge on any atom is 0.336 e. The molecule has 0 spiro atoms. The molecule has 0 aliphatic carbocycles. The molecule has 0 heterocycles. The minimum atomic E-state index is -1.32. The van der Waals surface area contributed by atoms with Gasteiger partial charge in [-0.2, -0.15) is 0 Å². The van der Waals surface area contributed by atoms with Crippen molar-refractivity contribution in [1.82, 2.24) is 0 Å². The van der Waals surface area contributed by atoms with E-state index >= 15 is 0 Å². The number of hydrogen-bond donors (Lipinski definition) is 2. The maximum atomic E-state index is 14.5. The fourth-order valence-corrected chi connectivity index (χ4v) is 2.71. The molecular weight excluding hydrogens is 364 g/mol. The summed E-state index contributed by atoms with van der Waals surface area (Å²) in [6.07, 6.45) is 0. The Morgan fingerprint density at radius 3 is 2.00 bits per heavy atom. The van der Waals surface area contributed by atoms with Gasteiger partial charge in [0.2, 0.25) is 0 Å². The molecule has 0 atom stereocenters. The third-order valence-electron chi connectivity index (χ3n) is 4.22. The van der Waals surface area contributed by atoms with Crippen LogP contribution in [0.1, 0.15) is 20.7 Å². The molecule has 28 heavy (non-hydrogen) atoms. The molecule has 0 aliphatic rings. The number of benzene rings is 3. The number of hydrogen-bond acceptors (Lipinski definition) is 2. The molecule has 4 nitrogen and oxygen atoms in total. The summed E-state index contributed by atoms with van der Waals surface area (Å²) in [5.41, 5.74) is -0.315. The number of aromatic carboxylic acids is 1. The lowest BCUT2D eigenvalue weighted by Crippen LogP contribution is -2.20. The molecule has 140 valence electrons. The highest BCUT2D eigenvalue weighted by molar-refractivity contribution is 6.10. The van der Waals surface area contributed by atoms with Gasteiger partial charge in [-0.25, -0.2) is 13.6 Å². The first kappa shape index (κ1) is 19.0. The van der Waals surface area contributed by atoms with Crippen molar-refractivity contribution >= 4 is 30.7 Å². The molecule has 0 aromatic heterocycles. The lowest BCUT2D eigenvalue weighted by atomic mass is 10.0.